The Bertz CT molecular complexity index is 407. The number of aromatic amines is 1. The average molecular weight is 220 g/mol. The molecule has 1 amide bonds. The number of likely N-dealkylation sites (tertiary alicyclic amines) is 1. The van der Waals surface area contributed by atoms with Gasteiger partial charge in [-0.1, -0.05) is 0 Å². The largest absolute Gasteiger partial charge is 0.367 e. The lowest BCUT2D eigenvalue weighted by molar-refractivity contribution is -0.124. The van der Waals surface area contributed by atoms with E-state index in [0.717, 1.165) is 0 Å². The number of ketones is 1. The Kier molecular flexibility index (Phi) is 2.58. The lowest BCUT2D eigenvalue weighted by atomic mass is 9.89. The van der Waals surface area contributed by atoms with Crippen molar-refractivity contribution in [3.8, 4) is 0 Å². The molecule has 0 aliphatic carbocycles. The van der Waals surface area contributed by atoms with E-state index in [1.54, 1.807) is 23.4 Å². The van der Waals surface area contributed by atoms with Crippen molar-refractivity contribution in [1.82, 2.24) is 9.88 Å². The quantitative estimate of drug-likeness (QED) is 0.781. The summed E-state index contributed by atoms with van der Waals surface area (Å²) in [6, 6.07) is 1.76. The molecule has 0 bridgehead atoms. The zero-order valence-corrected chi connectivity index (χ0v) is 9.62. The maximum atomic E-state index is 12.2. The second-order valence-corrected chi connectivity index (χ2v) is 4.83. The SMILES string of the molecule is CC1(C)CC(=O)CCN1C(=O)c1cc[nH]c1. The maximum absolute atomic E-state index is 12.2. The number of carbonyl (C=O) groups excluding carboxylic acids is 2. The number of hydrogen-bond acceptors (Lipinski definition) is 2. The Balaban J connectivity index is 2.21. The Morgan fingerprint density at radius 2 is 2.25 bits per heavy atom. The van der Waals surface area contributed by atoms with Crippen LogP contribution < -0.4 is 0 Å². The van der Waals surface area contributed by atoms with E-state index in [2.05, 4.69) is 4.98 Å². The molecule has 0 spiro atoms. The minimum Gasteiger partial charge on any atom is -0.367 e. The van der Waals surface area contributed by atoms with Gasteiger partial charge in [-0.3, -0.25) is 9.59 Å². The van der Waals surface area contributed by atoms with Crippen molar-refractivity contribution < 1.29 is 9.59 Å². The van der Waals surface area contributed by atoms with Crippen molar-refractivity contribution in [3.63, 3.8) is 0 Å². The number of nitrogens with one attached hydrogen (secondary N) is 1. The van der Waals surface area contributed by atoms with Gasteiger partial charge in [-0.2, -0.15) is 0 Å². The average Bonchev–Trinajstić information content (AvgIpc) is 2.67. The summed E-state index contributed by atoms with van der Waals surface area (Å²) in [6.45, 7) is 4.40. The number of nitrogens with zero attached hydrogens (tertiary/aromatic N) is 1. The monoisotopic (exact) mass is 220 g/mol. The summed E-state index contributed by atoms with van der Waals surface area (Å²) >= 11 is 0. The van der Waals surface area contributed by atoms with E-state index in [4.69, 9.17) is 0 Å². The molecule has 1 aromatic heterocycles. The smallest absolute Gasteiger partial charge is 0.255 e. The van der Waals surface area contributed by atoms with Crippen LogP contribution in [0.1, 0.15) is 37.0 Å². The Hall–Kier alpha value is -1.58. The van der Waals surface area contributed by atoms with Gasteiger partial charge in [-0.15, -0.1) is 0 Å². The van der Waals surface area contributed by atoms with Crippen molar-refractivity contribution in [3.05, 3.63) is 24.0 Å². The van der Waals surface area contributed by atoms with Crippen LogP contribution in [0.5, 0.6) is 0 Å². The van der Waals surface area contributed by atoms with Crippen molar-refractivity contribution >= 4 is 11.7 Å². The number of rotatable bonds is 1. The van der Waals surface area contributed by atoms with Crippen LogP contribution in [0.4, 0.5) is 0 Å². The molecule has 1 fully saturated rings. The number of aromatic nitrogens is 1. The van der Waals surface area contributed by atoms with Gasteiger partial charge in [0.1, 0.15) is 5.78 Å². The Labute approximate surface area is 94.6 Å². The summed E-state index contributed by atoms with van der Waals surface area (Å²) < 4.78 is 0. The first-order valence-corrected chi connectivity index (χ1v) is 5.47. The van der Waals surface area contributed by atoms with E-state index in [1.165, 1.54) is 0 Å². The summed E-state index contributed by atoms with van der Waals surface area (Å²) in [5, 5.41) is 0. The fourth-order valence-corrected chi connectivity index (χ4v) is 2.19. The molecule has 2 heterocycles. The molecule has 0 saturated carbocycles. The highest BCUT2D eigenvalue weighted by Gasteiger charge is 2.37. The number of piperidine rings is 1. The number of amides is 1. The second-order valence-electron chi connectivity index (χ2n) is 4.83. The van der Waals surface area contributed by atoms with Crippen LogP contribution in [0, 0.1) is 0 Å². The molecule has 4 heteroatoms. The molecule has 1 saturated heterocycles. The van der Waals surface area contributed by atoms with Gasteiger partial charge < -0.3 is 9.88 Å². The molecule has 2 rings (SSSR count). The highest BCUT2D eigenvalue weighted by Crippen LogP contribution is 2.26. The molecule has 1 N–H and O–H groups in total. The van der Waals surface area contributed by atoms with E-state index in [9.17, 15) is 9.59 Å². The maximum Gasteiger partial charge on any atom is 0.255 e. The lowest BCUT2D eigenvalue weighted by Crippen LogP contribution is -2.53. The zero-order valence-electron chi connectivity index (χ0n) is 9.62. The summed E-state index contributed by atoms with van der Waals surface area (Å²) in [7, 11) is 0. The van der Waals surface area contributed by atoms with Gasteiger partial charge in [0.2, 0.25) is 0 Å². The van der Waals surface area contributed by atoms with Crippen LogP contribution in [0.25, 0.3) is 0 Å². The molecule has 86 valence electrons. The van der Waals surface area contributed by atoms with Gasteiger partial charge in [-0.05, 0) is 19.9 Å². The highest BCUT2D eigenvalue weighted by molar-refractivity contribution is 5.96. The molecule has 0 aromatic carbocycles. The van der Waals surface area contributed by atoms with Crippen LogP contribution in [-0.2, 0) is 4.79 Å². The van der Waals surface area contributed by atoms with E-state index in [0.29, 0.717) is 24.9 Å². The number of hydrogen-bond donors (Lipinski definition) is 1. The third kappa shape index (κ3) is 1.87. The van der Waals surface area contributed by atoms with Crippen LogP contribution >= 0.6 is 0 Å². The summed E-state index contributed by atoms with van der Waals surface area (Å²) in [5.74, 6) is 0.238. The number of Topliss-reactive ketones (excluding diaryl/α,β-unsaturated/α-hetero) is 1. The van der Waals surface area contributed by atoms with E-state index in [-0.39, 0.29) is 17.2 Å². The molecule has 0 atom stereocenters. The van der Waals surface area contributed by atoms with Crippen LogP contribution in [-0.4, -0.2) is 33.7 Å². The van der Waals surface area contributed by atoms with Gasteiger partial charge in [0.25, 0.3) is 5.91 Å². The van der Waals surface area contributed by atoms with E-state index in [1.807, 2.05) is 13.8 Å². The van der Waals surface area contributed by atoms with E-state index >= 15 is 0 Å². The van der Waals surface area contributed by atoms with E-state index < -0.39 is 0 Å². The summed E-state index contributed by atoms with van der Waals surface area (Å²) in [4.78, 5) is 28.2. The minimum absolute atomic E-state index is 0.00116. The lowest BCUT2D eigenvalue weighted by Gasteiger charge is -2.41. The standard InChI is InChI=1S/C12H16N2O2/c1-12(2)7-10(15)4-6-14(12)11(16)9-3-5-13-8-9/h3,5,8,13H,4,6-7H2,1-2H3. The molecule has 0 unspecified atom stereocenters. The predicted octanol–water partition coefficient (Wildman–Crippen LogP) is 1.60. The number of H-pyrrole nitrogens is 1. The normalized spacial score (nSPS) is 19.9. The summed E-state index contributed by atoms with van der Waals surface area (Å²) in [6.07, 6.45) is 4.34. The van der Waals surface area contributed by atoms with Gasteiger partial charge >= 0.3 is 0 Å². The molecule has 1 aliphatic heterocycles. The van der Waals surface area contributed by atoms with Crippen LogP contribution in [0.3, 0.4) is 0 Å². The fraction of sp³-hybridized carbons (Fsp3) is 0.500. The second kappa shape index (κ2) is 3.77. The van der Waals surface area contributed by atoms with Gasteiger partial charge in [0, 0.05) is 37.3 Å². The highest BCUT2D eigenvalue weighted by atomic mass is 16.2. The first-order chi connectivity index (χ1) is 7.50. The van der Waals surface area contributed by atoms with Crippen LogP contribution in [0.2, 0.25) is 0 Å². The fourth-order valence-electron chi connectivity index (χ4n) is 2.19. The molecular formula is C12H16N2O2. The Morgan fingerprint density at radius 3 is 2.81 bits per heavy atom. The topological polar surface area (TPSA) is 53.2 Å². The number of carbonyl (C=O) groups is 2. The summed E-state index contributed by atoms with van der Waals surface area (Å²) in [5.41, 5.74) is 0.284. The minimum atomic E-state index is -0.371. The molecule has 4 nitrogen and oxygen atoms in total. The van der Waals surface area contributed by atoms with Crippen LogP contribution in [0.15, 0.2) is 18.5 Å². The zero-order chi connectivity index (χ0) is 11.8. The first-order valence-electron chi connectivity index (χ1n) is 5.47. The third-order valence-corrected chi connectivity index (χ3v) is 3.06. The van der Waals surface area contributed by atoms with Crippen molar-refractivity contribution in [1.29, 1.82) is 0 Å². The van der Waals surface area contributed by atoms with Gasteiger partial charge in [0.15, 0.2) is 0 Å². The molecule has 1 aromatic rings. The van der Waals surface area contributed by atoms with Gasteiger partial charge in [-0.25, -0.2) is 0 Å². The first kappa shape index (κ1) is 10.9. The predicted molar refractivity (Wildman–Crippen MR) is 60.1 cm³/mol. The molecule has 16 heavy (non-hydrogen) atoms. The van der Waals surface area contributed by atoms with Gasteiger partial charge in [0.05, 0.1) is 5.56 Å². The Morgan fingerprint density at radius 1 is 1.50 bits per heavy atom. The van der Waals surface area contributed by atoms with Crippen molar-refractivity contribution in [2.24, 2.45) is 0 Å². The molecule has 0 radical (unpaired) electrons. The molecular weight excluding hydrogens is 204 g/mol. The van der Waals surface area contributed by atoms with Crippen molar-refractivity contribution in [2.45, 2.75) is 32.2 Å². The molecule has 1 aliphatic rings. The van der Waals surface area contributed by atoms with Crippen molar-refractivity contribution in [2.75, 3.05) is 6.54 Å². The third-order valence-electron chi connectivity index (χ3n) is 3.06.